The Hall–Kier alpha value is -1.27. The summed E-state index contributed by atoms with van der Waals surface area (Å²) in [6, 6.07) is 2.06. The second kappa shape index (κ2) is 5.58. The molecule has 0 aliphatic rings. The summed E-state index contributed by atoms with van der Waals surface area (Å²) >= 11 is 6.66. The third kappa shape index (κ3) is 2.59. The minimum absolute atomic E-state index is 0.170. The predicted octanol–water partition coefficient (Wildman–Crippen LogP) is 2.44. The minimum Gasteiger partial charge on any atom is -0.393 e. The van der Waals surface area contributed by atoms with E-state index in [0.29, 0.717) is 4.99 Å². The van der Waals surface area contributed by atoms with Crippen LogP contribution in [0.2, 0.25) is 0 Å². The van der Waals surface area contributed by atoms with Crippen molar-refractivity contribution in [3.63, 3.8) is 0 Å². The second-order valence-electron chi connectivity index (χ2n) is 4.18. The van der Waals surface area contributed by atoms with Crippen LogP contribution in [0.5, 0.6) is 0 Å². The van der Waals surface area contributed by atoms with E-state index in [4.69, 9.17) is 18.0 Å². The summed E-state index contributed by atoms with van der Waals surface area (Å²) in [7, 11) is 0. The molecule has 18 heavy (non-hydrogen) atoms. The van der Waals surface area contributed by atoms with Crippen LogP contribution in [0.15, 0.2) is 17.8 Å². The predicted molar refractivity (Wildman–Crippen MR) is 81.3 cm³/mol. The first-order valence-electron chi connectivity index (χ1n) is 5.86. The Morgan fingerprint density at radius 3 is 3.00 bits per heavy atom. The molecule has 2 heterocycles. The highest BCUT2D eigenvalue weighted by atomic mass is 32.1. The normalized spacial score (nSPS) is 12.6. The van der Waals surface area contributed by atoms with E-state index in [1.54, 1.807) is 17.7 Å². The van der Waals surface area contributed by atoms with Gasteiger partial charge in [0.25, 0.3) is 0 Å². The SMILES string of the molecule is CCN(CC(C)C(N)=S)c1ncnc2sccc12. The molecule has 4 nitrogen and oxygen atoms in total. The van der Waals surface area contributed by atoms with Crippen LogP contribution in [0.4, 0.5) is 5.82 Å². The molecule has 0 spiro atoms. The molecule has 0 fully saturated rings. The molecule has 0 radical (unpaired) electrons. The smallest absolute Gasteiger partial charge is 0.140 e. The highest BCUT2D eigenvalue weighted by Gasteiger charge is 2.15. The fourth-order valence-corrected chi connectivity index (χ4v) is 2.62. The van der Waals surface area contributed by atoms with Crippen LogP contribution in [0.25, 0.3) is 10.2 Å². The summed E-state index contributed by atoms with van der Waals surface area (Å²) in [5, 5.41) is 3.13. The number of fused-ring (bicyclic) bond motifs is 1. The van der Waals surface area contributed by atoms with Crippen LogP contribution in [-0.2, 0) is 0 Å². The molecule has 0 aromatic carbocycles. The molecule has 1 atom stereocenters. The maximum atomic E-state index is 5.68. The van der Waals surface area contributed by atoms with E-state index < -0.39 is 0 Å². The Kier molecular flexibility index (Phi) is 4.08. The van der Waals surface area contributed by atoms with E-state index >= 15 is 0 Å². The molecule has 1 unspecified atom stereocenters. The summed E-state index contributed by atoms with van der Waals surface area (Å²) in [6.45, 7) is 5.80. The van der Waals surface area contributed by atoms with Crippen LogP contribution in [-0.4, -0.2) is 28.0 Å². The maximum Gasteiger partial charge on any atom is 0.140 e. The second-order valence-corrected chi connectivity index (χ2v) is 5.54. The average Bonchev–Trinajstić information content (AvgIpc) is 2.83. The Bertz CT molecular complexity index is 552. The Morgan fingerprint density at radius 1 is 1.56 bits per heavy atom. The van der Waals surface area contributed by atoms with Gasteiger partial charge in [-0.3, -0.25) is 0 Å². The molecule has 96 valence electrons. The van der Waals surface area contributed by atoms with E-state index in [1.165, 1.54) is 0 Å². The highest BCUT2D eigenvalue weighted by molar-refractivity contribution is 7.80. The number of thiocarbonyl (C=S) groups is 1. The van der Waals surface area contributed by atoms with Crippen molar-refractivity contribution in [3.8, 4) is 0 Å². The molecule has 0 saturated carbocycles. The van der Waals surface area contributed by atoms with Crippen molar-refractivity contribution in [2.45, 2.75) is 13.8 Å². The molecule has 2 rings (SSSR count). The first kappa shape index (κ1) is 13.2. The summed E-state index contributed by atoms with van der Waals surface area (Å²) in [4.78, 5) is 12.4. The van der Waals surface area contributed by atoms with Gasteiger partial charge in [-0.05, 0) is 18.4 Å². The standard InChI is InChI=1S/C12H16N4S2/c1-3-16(6-8(2)10(13)17)11-9-4-5-18-12(9)15-7-14-11/h4-5,7-8H,3,6H2,1-2H3,(H2,13,17). The first-order chi connectivity index (χ1) is 8.63. The van der Waals surface area contributed by atoms with E-state index in [0.717, 1.165) is 29.1 Å². The van der Waals surface area contributed by atoms with Crippen molar-refractivity contribution in [2.75, 3.05) is 18.0 Å². The summed E-state index contributed by atoms with van der Waals surface area (Å²) in [5.41, 5.74) is 5.68. The lowest BCUT2D eigenvalue weighted by Crippen LogP contribution is -2.34. The van der Waals surface area contributed by atoms with Crippen LogP contribution in [0.1, 0.15) is 13.8 Å². The summed E-state index contributed by atoms with van der Waals surface area (Å²) in [6.07, 6.45) is 1.61. The number of rotatable bonds is 5. The van der Waals surface area contributed by atoms with Crippen LogP contribution in [0, 0.1) is 5.92 Å². The molecule has 2 N–H and O–H groups in total. The molecule has 2 aromatic heterocycles. The van der Waals surface area contributed by atoms with Gasteiger partial charge in [-0.25, -0.2) is 9.97 Å². The van der Waals surface area contributed by atoms with E-state index in [9.17, 15) is 0 Å². The zero-order valence-electron chi connectivity index (χ0n) is 10.5. The lowest BCUT2D eigenvalue weighted by atomic mass is 10.1. The number of thiophene rings is 1. The lowest BCUT2D eigenvalue weighted by molar-refractivity contribution is 0.702. The molecule has 2 aromatic rings. The van der Waals surface area contributed by atoms with Gasteiger partial charge in [-0.2, -0.15) is 0 Å². The number of anilines is 1. The number of nitrogens with zero attached hydrogens (tertiary/aromatic N) is 3. The van der Waals surface area contributed by atoms with Crippen molar-refractivity contribution in [2.24, 2.45) is 11.7 Å². The fourth-order valence-electron chi connectivity index (χ4n) is 1.81. The Labute approximate surface area is 116 Å². The van der Waals surface area contributed by atoms with Crippen LogP contribution < -0.4 is 10.6 Å². The van der Waals surface area contributed by atoms with Gasteiger partial charge in [0.1, 0.15) is 17.0 Å². The van der Waals surface area contributed by atoms with E-state index in [1.807, 2.05) is 12.3 Å². The molecular weight excluding hydrogens is 264 g/mol. The third-order valence-corrected chi connectivity index (χ3v) is 4.13. The average molecular weight is 280 g/mol. The van der Waals surface area contributed by atoms with Gasteiger partial charge in [0.2, 0.25) is 0 Å². The third-order valence-electron chi connectivity index (χ3n) is 2.90. The number of nitrogens with two attached hydrogens (primary N) is 1. The number of aromatic nitrogens is 2. The van der Waals surface area contributed by atoms with Gasteiger partial charge in [0.05, 0.1) is 10.4 Å². The molecular formula is C12H16N4S2. The first-order valence-corrected chi connectivity index (χ1v) is 7.14. The van der Waals surface area contributed by atoms with Crippen molar-refractivity contribution in [1.82, 2.24) is 9.97 Å². The number of hydrogen-bond donors (Lipinski definition) is 1. The zero-order valence-corrected chi connectivity index (χ0v) is 12.1. The van der Waals surface area contributed by atoms with E-state index in [2.05, 4.69) is 27.9 Å². The van der Waals surface area contributed by atoms with Gasteiger partial charge < -0.3 is 10.6 Å². The van der Waals surface area contributed by atoms with Crippen LogP contribution in [0.3, 0.4) is 0 Å². The lowest BCUT2D eigenvalue weighted by Gasteiger charge is -2.25. The molecule has 0 saturated heterocycles. The van der Waals surface area contributed by atoms with Crippen molar-refractivity contribution in [1.29, 1.82) is 0 Å². The van der Waals surface area contributed by atoms with Crippen molar-refractivity contribution >= 4 is 44.6 Å². The van der Waals surface area contributed by atoms with E-state index in [-0.39, 0.29) is 5.92 Å². The monoisotopic (exact) mass is 280 g/mol. The molecule has 0 bridgehead atoms. The highest BCUT2D eigenvalue weighted by Crippen LogP contribution is 2.27. The largest absolute Gasteiger partial charge is 0.393 e. The summed E-state index contributed by atoms with van der Waals surface area (Å²) in [5.74, 6) is 1.13. The maximum absolute atomic E-state index is 5.68. The quantitative estimate of drug-likeness (QED) is 0.853. The molecule has 0 aliphatic carbocycles. The van der Waals surface area contributed by atoms with Gasteiger partial charge in [0.15, 0.2) is 0 Å². The van der Waals surface area contributed by atoms with Gasteiger partial charge in [-0.15, -0.1) is 11.3 Å². The molecule has 6 heteroatoms. The minimum atomic E-state index is 0.170. The van der Waals surface area contributed by atoms with Crippen molar-refractivity contribution in [3.05, 3.63) is 17.8 Å². The van der Waals surface area contributed by atoms with Gasteiger partial charge >= 0.3 is 0 Å². The van der Waals surface area contributed by atoms with Gasteiger partial charge in [-0.1, -0.05) is 19.1 Å². The Balaban J connectivity index is 2.32. The number of hydrogen-bond acceptors (Lipinski definition) is 5. The fraction of sp³-hybridized carbons (Fsp3) is 0.417. The van der Waals surface area contributed by atoms with Crippen molar-refractivity contribution < 1.29 is 0 Å². The Morgan fingerprint density at radius 2 is 2.33 bits per heavy atom. The molecule has 0 aliphatic heterocycles. The summed E-state index contributed by atoms with van der Waals surface area (Å²) < 4.78 is 0. The van der Waals surface area contributed by atoms with Crippen LogP contribution >= 0.6 is 23.6 Å². The zero-order chi connectivity index (χ0) is 13.1. The molecule has 0 amide bonds. The van der Waals surface area contributed by atoms with Gasteiger partial charge in [0, 0.05) is 19.0 Å². The topological polar surface area (TPSA) is 55.0 Å².